The van der Waals surface area contributed by atoms with Crippen LogP contribution in [-0.4, -0.2) is 0 Å². The molecule has 14 heavy (non-hydrogen) atoms. The van der Waals surface area contributed by atoms with E-state index in [0.29, 0.717) is 10.6 Å². The molecule has 0 bridgehead atoms. The normalized spacial score (nSPS) is 11.8. The molecule has 0 heterocycles. The highest BCUT2D eigenvalue weighted by atomic mass is 35.5. The van der Waals surface area contributed by atoms with E-state index in [4.69, 9.17) is 11.6 Å². The van der Waals surface area contributed by atoms with Crippen molar-refractivity contribution in [2.45, 2.75) is 12.7 Å². The van der Waals surface area contributed by atoms with Crippen LogP contribution in [0.3, 0.4) is 0 Å². The van der Waals surface area contributed by atoms with Gasteiger partial charge in [-0.25, -0.2) is 0 Å². The molecule has 1 aromatic carbocycles. The molecular formula is C8H7ClF3NS. The van der Waals surface area contributed by atoms with Gasteiger partial charge >= 0.3 is 6.18 Å². The SMILES string of the molecule is FC(F)(F)c1ccc(Cl)c(CNS)c1. The Bertz CT molecular complexity index is 327. The van der Waals surface area contributed by atoms with Crippen LogP contribution in [0.5, 0.6) is 0 Å². The Labute approximate surface area is 89.8 Å². The van der Waals surface area contributed by atoms with Gasteiger partial charge in [-0.05, 0) is 23.8 Å². The molecule has 1 rings (SSSR count). The molecule has 1 nitrogen and oxygen atoms in total. The topological polar surface area (TPSA) is 12.0 Å². The Balaban J connectivity index is 3.06. The summed E-state index contributed by atoms with van der Waals surface area (Å²) in [4.78, 5) is 0. The van der Waals surface area contributed by atoms with Gasteiger partial charge in [0.05, 0.1) is 5.56 Å². The van der Waals surface area contributed by atoms with E-state index in [9.17, 15) is 13.2 Å². The predicted molar refractivity (Wildman–Crippen MR) is 52.3 cm³/mol. The Morgan fingerprint density at radius 3 is 2.50 bits per heavy atom. The van der Waals surface area contributed by atoms with E-state index in [2.05, 4.69) is 17.5 Å². The van der Waals surface area contributed by atoms with E-state index >= 15 is 0 Å². The number of thiol groups is 1. The second-order valence-corrected chi connectivity index (χ2v) is 3.36. The molecule has 6 heteroatoms. The lowest BCUT2D eigenvalue weighted by molar-refractivity contribution is -0.137. The highest BCUT2D eigenvalue weighted by Gasteiger charge is 2.30. The molecule has 0 saturated carbocycles. The van der Waals surface area contributed by atoms with Crippen LogP contribution in [0, 0.1) is 0 Å². The third-order valence-corrected chi connectivity index (χ3v) is 2.17. The fourth-order valence-electron chi connectivity index (χ4n) is 0.972. The van der Waals surface area contributed by atoms with E-state index in [1.807, 2.05) is 0 Å². The summed E-state index contributed by atoms with van der Waals surface area (Å²) in [5.41, 5.74) is -0.336. The smallest absolute Gasteiger partial charge is 0.262 e. The standard InChI is InChI=1S/C8H7ClF3NS/c9-7-2-1-6(8(10,11)12)3-5(7)4-13-14/h1-3,13-14H,4H2. The third kappa shape index (κ3) is 2.80. The van der Waals surface area contributed by atoms with Crippen LogP contribution >= 0.6 is 24.4 Å². The summed E-state index contributed by atoms with van der Waals surface area (Å²) in [5.74, 6) is 0. The molecule has 0 atom stereocenters. The molecular weight excluding hydrogens is 235 g/mol. The van der Waals surface area contributed by atoms with Gasteiger partial charge in [-0.15, -0.1) is 0 Å². The number of hydrogen-bond donors (Lipinski definition) is 2. The van der Waals surface area contributed by atoms with Crippen LogP contribution in [0.15, 0.2) is 18.2 Å². The zero-order valence-electron chi connectivity index (χ0n) is 6.90. The summed E-state index contributed by atoms with van der Waals surface area (Å²) in [6.45, 7) is 0.186. The van der Waals surface area contributed by atoms with E-state index < -0.39 is 11.7 Å². The van der Waals surface area contributed by atoms with Gasteiger partial charge in [-0.3, -0.25) is 4.72 Å². The first kappa shape index (κ1) is 11.7. The molecule has 0 fully saturated rings. The van der Waals surface area contributed by atoms with Gasteiger partial charge in [-0.1, -0.05) is 24.4 Å². The van der Waals surface area contributed by atoms with Crippen molar-refractivity contribution < 1.29 is 13.2 Å². The first-order valence-corrected chi connectivity index (χ1v) is 4.50. The summed E-state index contributed by atoms with van der Waals surface area (Å²) in [6, 6.07) is 3.18. The van der Waals surface area contributed by atoms with Gasteiger partial charge < -0.3 is 0 Å². The monoisotopic (exact) mass is 241 g/mol. The summed E-state index contributed by atoms with van der Waals surface area (Å²) in [5, 5.41) is 0.291. The molecule has 0 aliphatic carbocycles. The molecule has 0 unspecified atom stereocenters. The third-order valence-electron chi connectivity index (χ3n) is 1.64. The van der Waals surface area contributed by atoms with Crippen LogP contribution in [0.25, 0.3) is 0 Å². The predicted octanol–water partition coefficient (Wildman–Crippen LogP) is 3.29. The average Bonchev–Trinajstić information content (AvgIpc) is 2.07. The van der Waals surface area contributed by atoms with Crippen LogP contribution in [0.1, 0.15) is 11.1 Å². The molecule has 0 aromatic heterocycles. The number of halogens is 4. The van der Waals surface area contributed by atoms with Crippen molar-refractivity contribution in [1.29, 1.82) is 0 Å². The Hall–Kier alpha value is -0.390. The zero-order chi connectivity index (χ0) is 10.8. The minimum atomic E-state index is -4.34. The quantitative estimate of drug-likeness (QED) is 0.758. The summed E-state index contributed by atoms with van der Waals surface area (Å²) < 4.78 is 39.2. The average molecular weight is 242 g/mol. The molecule has 0 aliphatic rings. The van der Waals surface area contributed by atoms with Crippen molar-refractivity contribution in [3.8, 4) is 0 Å². The largest absolute Gasteiger partial charge is 0.416 e. The van der Waals surface area contributed by atoms with E-state index in [1.54, 1.807) is 0 Å². The number of alkyl halides is 3. The van der Waals surface area contributed by atoms with Gasteiger partial charge in [0.2, 0.25) is 0 Å². The second-order valence-electron chi connectivity index (χ2n) is 2.64. The minimum absolute atomic E-state index is 0.186. The van der Waals surface area contributed by atoms with Crippen molar-refractivity contribution in [3.63, 3.8) is 0 Å². The summed E-state index contributed by atoms with van der Waals surface area (Å²) >= 11 is 9.38. The lowest BCUT2D eigenvalue weighted by Gasteiger charge is -2.09. The first-order chi connectivity index (χ1) is 6.45. The van der Waals surface area contributed by atoms with Crippen molar-refractivity contribution >= 4 is 24.4 Å². The van der Waals surface area contributed by atoms with Crippen LogP contribution in [-0.2, 0) is 12.7 Å². The van der Waals surface area contributed by atoms with Crippen molar-refractivity contribution in [2.24, 2.45) is 0 Å². The molecule has 78 valence electrons. The Morgan fingerprint density at radius 2 is 2.00 bits per heavy atom. The van der Waals surface area contributed by atoms with Crippen LogP contribution < -0.4 is 4.72 Å². The Morgan fingerprint density at radius 1 is 1.36 bits per heavy atom. The van der Waals surface area contributed by atoms with Crippen LogP contribution in [0.4, 0.5) is 13.2 Å². The van der Waals surface area contributed by atoms with Crippen molar-refractivity contribution in [1.82, 2.24) is 4.72 Å². The van der Waals surface area contributed by atoms with Gasteiger partial charge in [-0.2, -0.15) is 13.2 Å². The lowest BCUT2D eigenvalue weighted by atomic mass is 10.1. The molecule has 0 aliphatic heterocycles. The van der Waals surface area contributed by atoms with E-state index in [1.165, 1.54) is 6.07 Å². The number of hydrogen-bond acceptors (Lipinski definition) is 2. The fraction of sp³-hybridized carbons (Fsp3) is 0.250. The summed E-state index contributed by atoms with van der Waals surface area (Å²) in [6.07, 6.45) is -4.34. The van der Waals surface area contributed by atoms with Crippen molar-refractivity contribution in [2.75, 3.05) is 0 Å². The molecule has 1 N–H and O–H groups in total. The second kappa shape index (κ2) is 4.42. The summed E-state index contributed by atoms with van der Waals surface area (Å²) in [7, 11) is 0. The highest BCUT2D eigenvalue weighted by molar-refractivity contribution is 7.78. The molecule has 0 spiro atoms. The maximum atomic E-state index is 12.3. The molecule has 1 aromatic rings. The molecule has 0 radical (unpaired) electrons. The maximum Gasteiger partial charge on any atom is 0.416 e. The number of rotatable bonds is 2. The van der Waals surface area contributed by atoms with Gasteiger partial charge in [0.25, 0.3) is 0 Å². The molecule has 0 amide bonds. The van der Waals surface area contributed by atoms with E-state index in [0.717, 1.165) is 12.1 Å². The Kier molecular flexibility index (Phi) is 3.69. The lowest BCUT2D eigenvalue weighted by Crippen LogP contribution is -2.07. The van der Waals surface area contributed by atoms with Crippen LogP contribution in [0.2, 0.25) is 5.02 Å². The minimum Gasteiger partial charge on any atom is -0.262 e. The van der Waals surface area contributed by atoms with E-state index in [-0.39, 0.29) is 6.54 Å². The number of nitrogens with one attached hydrogen (secondary N) is 1. The van der Waals surface area contributed by atoms with Gasteiger partial charge in [0, 0.05) is 11.6 Å². The zero-order valence-corrected chi connectivity index (χ0v) is 8.55. The van der Waals surface area contributed by atoms with Gasteiger partial charge in [0.1, 0.15) is 0 Å². The maximum absolute atomic E-state index is 12.3. The number of benzene rings is 1. The first-order valence-electron chi connectivity index (χ1n) is 3.67. The molecule has 0 saturated heterocycles. The fourth-order valence-corrected chi connectivity index (χ4v) is 1.33. The van der Waals surface area contributed by atoms with Crippen molar-refractivity contribution in [3.05, 3.63) is 34.3 Å². The highest BCUT2D eigenvalue weighted by Crippen LogP contribution is 2.31. The van der Waals surface area contributed by atoms with Gasteiger partial charge in [0.15, 0.2) is 0 Å².